The van der Waals surface area contributed by atoms with Crippen LogP contribution in [-0.4, -0.2) is 48.7 Å². The summed E-state index contributed by atoms with van der Waals surface area (Å²) in [5.74, 6) is 0.155. The standard InChI is InChI=1S/C24H48N2O2/c1-4-5-6-7-8-9-10-11-12-13-14-15-16-17-18-19-24(28)25-22-23(2)26(3)20-21-27/h11-12,23,27H,4-10,13-22H2,1-3H3,(H,25,28). The molecule has 0 aromatic rings. The number of amides is 1. The molecule has 0 radical (unpaired) electrons. The van der Waals surface area contributed by atoms with E-state index in [0.717, 1.165) is 12.8 Å². The van der Waals surface area contributed by atoms with Gasteiger partial charge in [-0.2, -0.15) is 0 Å². The van der Waals surface area contributed by atoms with Gasteiger partial charge in [-0.1, -0.05) is 70.4 Å². The number of hydrogen-bond acceptors (Lipinski definition) is 3. The van der Waals surface area contributed by atoms with E-state index in [1.807, 2.05) is 7.05 Å². The molecule has 0 aliphatic carbocycles. The van der Waals surface area contributed by atoms with E-state index in [-0.39, 0.29) is 18.6 Å². The Morgan fingerprint density at radius 1 is 0.929 bits per heavy atom. The maximum Gasteiger partial charge on any atom is 0.220 e. The average Bonchev–Trinajstić information content (AvgIpc) is 2.69. The molecule has 2 N–H and O–H groups in total. The van der Waals surface area contributed by atoms with Crippen LogP contribution in [0.2, 0.25) is 0 Å². The fraction of sp³-hybridized carbons (Fsp3) is 0.875. The molecule has 166 valence electrons. The normalized spacial score (nSPS) is 12.8. The van der Waals surface area contributed by atoms with Crippen LogP contribution < -0.4 is 5.32 Å². The van der Waals surface area contributed by atoms with Crippen LogP contribution in [0, 0.1) is 0 Å². The average molecular weight is 397 g/mol. The molecule has 0 bridgehead atoms. The molecule has 0 spiro atoms. The Hall–Kier alpha value is -0.870. The minimum atomic E-state index is 0.155. The van der Waals surface area contributed by atoms with Gasteiger partial charge in [-0.3, -0.25) is 9.69 Å². The fourth-order valence-corrected chi connectivity index (χ4v) is 3.24. The van der Waals surface area contributed by atoms with Gasteiger partial charge >= 0.3 is 0 Å². The molecule has 0 aromatic heterocycles. The van der Waals surface area contributed by atoms with Gasteiger partial charge < -0.3 is 10.4 Å². The first kappa shape index (κ1) is 27.1. The summed E-state index contributed by atoms with van der Waals surface area (Å²) >= 11 is 0. The highest BCUT2D eigenvalue weighted by Gasteiger charge is 2.09. The molecule has 0 aliphatic rings. The van der Waals surface area contributed by atoms with E-state index in [0.29, 0.717) is 19.5 Å². The summed E-state index contributed by atoms with van der Waals surface area (Å²) in [5.41, 5.74) is 0. The van der Waals surface area contributed by atoms with Gasteiger partial charge in [0.2, 0.25) is 5.91 Å². The van der Waals surface area contributed by atoms with Crippen molar-refractivity contribution in [2.24, 2.45) is 0 Å². The van der Waals surface area contributed by atoms with Crippen molar-refractivity contribution in [1.29, 1.82) is 0 Å². The molecule has 0 aliphatic heterocycles. The van der Waals surface area contributed by atoms with Crippen LogP contribution >= 0.6 is 0 Å². The van der Waals surface area contributed by atoms with Gasteiger partial charge in [0, 0.05) is 25.6 Å². The second kappa shape index (κ2) is 20.9. The monoisotopic (exact) mass is 396 g/mol. The highest BCUT2D eigenvalue weighted by molar-refractivity contribution is 5.75. The topological polar surface area (TPSA) is 52.6 Å². The van der Waals surface area contributed by atoms with Crippen molar-refractivity contribution < 1.29 is 9.90 Å². The molecular formula is C24H48N2O2. The Bertz CT molecular complexity index is 372. The number of rotatable bonds is 20. The van der Waals surface area contributed by atoms with E-state index in [4.69, 9.17) is 5.11 Å². The molecular weight excluding hydrogens is 348 g/mol. The third-order valence-corrected chi connectivity index (χ3v) is 5.47. The van der Waals surface area contributed by atoms with Crippen molar-refractivity contribution in [3.05, 3.63) is 12.2 Å². The Kier molecular flexibility index (Phi) is 20.2. The van der Waals surface area contributed by atoms with Gasteiger partial charge in [0.05, 0.1) is 6.61 Å². The summed E-state index contributed by atoms with van der Waals surface area (Å²) in [7, 11) is 1.97. The number of likely N-dealkylation sites (N-methyl/N-ethyl adjacent to an activating group) is 1. The number of carbonyl (C=O) groups excluding carboxylic acids is 1. The maximum absolute atomic E-state index is 11.9. The number of allylic oxidation sites excluding steroid dienone is 2. The lowest BCUT2D eigenvalue weighted by atomic mass is 10.1. The number of aliphatic hydroxyl groups is 1. The van der Waals surface area contributed by atoms with Gasteiger partial charge in [-0.05, 0) is 46.1 Å². The van der Waals surface area contributed by atoms with Crippen LogP contribution in [0.4, 0.5) is 0 Å². The third kappa shape index (κ3) is 18.5. The highest BCUT2D eigenvalue weighted by Crippen LogP contribution is 2.10. The van der Waals surface area contributed by atoms with Crippen molar-refractivity contribution in [2.75, 3.05) is 26.7 Å². The van der Waals surface area contributed by atoms with Gasteiger partial charge in [-0.25, -0.2) is 0 Å². The Balaban J connectivity index is 3.36. The smallest absolute Gasteiger partial charge is 0.220 e. The molecule has 0 aromatic carbocycles. The summed E-state index contributed by atoms with van der Waals surface area (Å²) in [6.45, 7) is 5.79. The minimum absolute atomic E-state index is 0.155. The summed E-state index contributed by atoms with van der Waals surface area (Å²) in [4.78, 5) is 13.9. The van der Waals surface area contributed by atoms with Crippen LogP contribution in [0.15, 0.2) is 12.2 Å². The Morgan fingerprint density at radius 2 is 1.46 bits per heavy atom. The second-order valence-corrected chi connectivity index (χ2v) is 8.19. The van der Waals surface area contributed by atoms with Crippen LogP contribution in [0.5, 0.6) is 0 Å². The van der Waals surface area contributed by atoms with E-state index >= 15 is 0 Å². The number of nitrogens with zero attached hydrogens (tertiary/aromatic N) is 1. The van der Waals surface area contributed by atoms with E-state index in [1.165, 1.54) is 70.6 Å². The van der Waals surface area contributed by atoms with Gasteiger partial charge in [0.25, 0.3) is 0 Å². The molecule has 1 unspecified atom stereocenters. The van der Waals surface area contributed by atoms with Gasteiger partial charge in [0.15, 0.2) is 0 Å². The van der Waals surface area contributed by atoms with Crippen molar-refractivity contribution in [3.63, 3.8) is 0 Å². The number of nitrogens with one attached hydrogen (secondary N) is 1. The largest absolute Gasteiger partial charge is 0.395 e. The first-order valence-corrected chi connectivity index (χ1v) is 11.8. The lowest BCUT2D eigenvalue weighted by Gasteiger charge is -2.23. The summed E-state index contributed by atoms with van der Waals surface area (Å²) in [6.07, 6.45) is 22.0. The van der Waals surface area contributed by atoms with Gasteiger partial charge in [0.1, 0.15) is 0 Å². The van der Waals surface area contributed by atoms with Crippen LogP contribution in [0.25, 0.3) is 0 Å². The zero-order valence-corrected chi connectivity index (χ0v) is 19.1. The number of hydrogen-bond donors (Lipinski definition) is 2. The van der Waals surface area contributed by atoms with E-state index < -0.39 is 0 Å². The van der Waals surface area contributed by atoms with Crippen LogP contribution in [0.1, 0.15) is 104 Å². The van der Waals surface area contributed by atoms with Crippen molar-refractivity contribution in [1.82, 2.24) is 10.2 Å². The van der Waals surface area contributed by atoms with E-state index in [9.17, 15) is 4.79 Å². The van der Waals surface area contributed by atoms with Crippen molar-refractivity contribution in [3.8, 4) is 0 Å². The molecule has 1 amide bonds. The SMILES string of the molecule is CCCCCCCCC=CCCCCCCCC(=O)NCC(C)N(C)CCO. The predicted molar refractivity (Wildman–Crippen MR) is 122 cm³/mol. The lowest BCUT2D eigenvalue weighted by Crippen LogP contribution is -2.41. The molecule has 0 fully saturated rings. The van der Waals surface area contributed by atoms with Crippen LogP contribution in [0.3, 0.4) is 0 Å². The zero-order valence-electron chi connectivity index (χ0n) is 19.1. The molecule has 4 heteroatoms. The quantitative estimate of drug-likeness (QED) is 0.212. The highest BCUT2D eigenvalue weighted by atomic mass is 16.3. The van der Waals surface area contributed by atoms with E-state index in [1.54, 1.807) is 0 Å². The molecule has 28 heavy (non-hydrogen) atoms. The molecule has 1 atom stereocenters. The first-order chi connectivity index (χ1) is 13.6. The second-order valence-electron chi connectivity index (χ2n) is 8.19. The van der Waals surface area contributed by atoms with Crippen molar-refractivity contribution in [2.45, 2.75) is 110 Å². The van der Waals surface area contributed by atoms with Gasteiger partial charge in [-0.15, -0.1) is 0 Å². The summed E-state index contributed by atoms with van der Waals surface area (Å²) < 4.78 is 0. The van der Waals surface area contributed by atoms with Crippen molar-refractivity contribution >= 4 is 5.91 Å². The molecule has 0 heterocycles. The maximum atomic E-state index is 11.9. The summed E-state index contributed by atoms with van der Waals surface area (Å²) in [5, 5.41) is 11.9. The summed E-state index contributed by atoms with van der Waals surface area (Å²) in [6, 6.07) is 0.255. The first-order valence-electron chi connectivity index (χ1n) is 11.8. The van der Waals surface area contributed by atoms with E-state index in [2.05, 4.69) is 36.2 Å². The fourth-order valence-electron chi connectivity index (χ4n) is 3.24. The molecule has 0 saturated heterocycles. The molecule has 0 rings (SSSR count). The predicted octanol–water partition coefficient (Wildman–Crippen LogP) is 5.45. The third-order valence-electron chi connectivity index (χ3n) is 5.47. The Labute approximate surface area is 175 Å². The molecule has 0 saturated carbocycles. The van der Waals surface area contributed by atoms with Crippen LogP contribution in [-0.2, 0) is 4.79 Å². The number of unbranched alkanes of at least 4 members (excludes halogenated alkanes) is 11. The lowest BCUT2D eigenvalue weighted by molar-refractivity contribution is -0.121. The minimum Gasteiger partial charge on any atom is -0.395 e. The number of carbonyl (C=O) groups is 1. The molecule has 4 nitrogen and oxygen atoms in total. The number of aliphatic hydroxyl groups excluding tert-OH is 1. The Morgan fingerprint density at radius 3 is 2.04 bits per heavy atom. The zero-order chi connectivity index (χ0) is 20.9.